The molecular weight excluding hydrogens is 174 g/mol. The first-order valence-corrected chi connectivity index (χ1v) is 4.59. The standard InChI is InChI=1S/C12H15NO/c1-4-6-11-10(8-14)7-9(3)13-12(11)5-2/h4-7,14H,2,8H2,1,3H3/b6-4-. The summed E-state index contributed by atoms with van der Waals surface area (Å²) < 4.78 is 0. The van der Waals surface area contributed by atoms with E-state index in [1.54, 1.807) is 6.08 Å². The molecule has 0 radical (unpaired) electrons. The zero-order valence-corrected chi connectivity index (χ0v) is 8.62. The van der Waals surface area contributed by atoms with Gasteiger partial charge in [-0.25, -0.2) is 0 Å². The maximum absolute atomic E-state index is 9.19. The zero-order chi connectivity index (χ0) is 10.6. The molecule has 0 aliphatic carbocycles. The Kier molecular flexibility index (Phi) is 3.60. The van der Waals surface area contributed by atoms with Gasteiger partial charge in [0.25, 0.3) is 0 Å². The minimum atomic E-state index is 0.0316. The molecule has 0 unspecified atom stereocenters. The lowest BCUT2D eigenvalue weighted by atomic mass is 10.0. The van der Waals surface area contributed by atoms with Crippen LogP contribution in [-0.4, -0.2) is 10.1 Å². The predicted molar refractivity (Wildman–Crippen MR) is 59.7 cm³/mol. The van der Waals surface area contributed by atoms with Gasteiger partial charge in [-0.3, -0.25) is 4.98 Å². The molecular formula is C12H15NO. The maximum atomic E-state index is 9.19. The molecule has 1 aromatic rings. The van der Waals surface area contributed by atoms with Crippen LogP contribution in [0.1, 0.15) is 29.4 Å². The summed E-state index contributed by atoms with van der Waals surface area (Å²) in [7, 11) is 0. The Hall–Kier alpha value is -1.41. The highest BCUT2D eigenvalue weighted by Crippen LogP contribution is 2.17. The molecule has 0 atom stereocenters. The van der Waals surface area contributed by atoms with Gasteiger partial charge in [0.15, 0.2) is 0 Å². The van der Waals surface area contributed by atoms with Crippen LogP contribution in [0.4, 0.5) is 0 Å². The number of rotatable bonds is 3. The van der Waals surface area contributed by atoms with Gasteiger partial charge >= 0.3 is 0 Å². The van der Waals surface area contributed by atoms with Gasteiger partial charge in [0.05, 0.1) is 12.3 Å². The van der Waals surface area contributed by atoms with Crippen molar-refractivity contribution < 1.29 is 5.11 Å². The SMILES string of the molecule is C=Cc1nc(C)cc(CO)c1/C=C\C. The van der Waals surface area contributed by atoms with Crippen molar-refractivity contribution in [2.24, 2.45) is 0 Å². The van der Waals surface area contributed by atoms with Gasteiger partial charge in [0.2, 0.25) is 0 Å². The lowest BCUT2D eigenvalue weighted by molar-refractivity contribution is 0.281. The summed E-state index contributed by atoms with van der Waals surface area (Å²) in [5.41, 5.74) is 3.57. The molecule has 1 aromatic heterocycles. The molecule has 2 nitrogen and oxygen atoms in total. The van der Waals surface area contributed by atoms with Crippen molar-refractivity contribution in [3.63, 3.8) is 0 Å². The number of hydrogen-bond donors (Lipinski definition) is 1. The first kappa shape index (κ1) is 10.7. The molecule has 1 N–H and O–H groups in total. The summed E-state index contributed by atoms with van der Waals surface area (Å²) in [6.45, 7) is 7.59. The van der Waals surface area contributed by atoms with E-state index in [0.29, 0.717) is 0 Å². The molecule has 0 aliphatic heterocycles. The Balaban J connectivity index is 3.39. The van der Waals surface area contributed by atoms with E-state index < -0.39 is 0 Å². The monoisotopic (exact) mass is 189 g/mol. The van der Waals surface area contributed by atoms with Gasteiger partial charge < -0.3 is 5.11 Å². The van der Waals surface area contributed by atoms with E-state index in [1.165, 1.54) is 0 Å². The topological polar surface area (TPSA) is 33.1 Å². The molecule has 1 heterocycles. The first-order chi connectivity index (χ1) is 6.72. The second kappa shape index (κ2) is 4.72. The molecule has 0 amide bonds. The van der Waals surface area contributed by atoms with Crippen molar-refractivity contribution in [1.29, 1.82) is 0 Å². The lowest BCUT2D eigenvalue weighted by Crippen LogP contribution is -1.97. The van der Waals surface area contributed by atoms with Crippen LogP contribution in [0.5, 0.6) is 0 Å². The Morgan fingerprint density at radius 1 is 1.57 bits per heavy atom. The van der Waals surface area contributed by atoms with Crippen molar-refractivity contribution in [3.8, 4) is 0 Å². The fraction of sp³-hybridized carbons (Fsp3) is 0.250. The third-order valence-corrected chi connectivity index (χ3v) is 2.00. The predicted octanol–water partition coefficient (Wildman–Crippen LogP) is 2.56. The fourth-order valence-corrected chi connectivity index (χ4v) is 1.42. The molecule has 0 bridgehead atoms. The van der Waals surface area contributed by atoms with E-state index in [9.17, 15) is 5.11 Å². The van der Waals surface area contributed by atoms with Gasteiger partial charge in [0.1, 0.15) is 0 Å². The third-order valence-electron chi connectivity index (χ3n) is 2.00. The van der Waals surface area contributed by atoms with Crippen LogP contribution < -0.4 is 0 Å². The first-order valence-electron chi connectivity index (χ1n) is 4.59. The van der Waals surface area contributed by atoms with E-state index in [0.717, 1.165) is 22.5 Å². The smallest absolute Gasteiger partial charge is 0.0702 e. The average Bonchev–Trinajstić information content (AvgIpc) is 2.20. The van der Waals surface area contributed by atoms with E-state index in [-0.39, 0.29) is 6.61 Å². The minimum absolute atomic E-state index is 0.0316. The Morgan fingerprint density at radius 3 is 2.79 bits per heavy atom. The summed E-state index contributed by atoms with van der Waals surface area (Å²) in [6, 6.07) is 1.89. The Bertz CT molecular complexity index is 367. The molecule has 0 fully saturated rings. The lowest BCUT2D eigenvalue weighted by Gasteiger charge is -2.07. The summed E-state index contributed by atoms with van der Waals surface area (Å²) in [5.74, 6) is 0. The van der Waals surface area contributed by atoms with E-state index in [4.69, 9.17) is 0 Å². The number of aromatic nitrogens is 1. The molecule has 0 aliphatic rings. The summed E-state index contributed by atoms with van der Waals surface area (Å²) >= 11 is 0. The van der Waals surface area contributed by atoms with Crippen molar-refractivity contribution in [2.75, 3.05) is 0 Å². The summed E-state index contributed by atoms with van der Waals surface area (Å²) in [5, 5.41) is 9.19. The number of allylic oxidation sites excluding steroid dienone is 1. The molecule has 14 heavy (non-hydrogen) atoms. The summed E-state index contributed by atoms with van der Waals surface area (Å²) in [4.78, 5) is 4.34. The van der Waals surface area contributed by atoms with Crippen LogP contribution in [0.25, 0.3) is 12.2 Å². The van der Waals surface area contributed by atoms with Crippen molar-refractivity contribution in [1.82, 2.24) is 4.98 Å². The molecule has 2 heteroatoms. The van der Waals surface area contributed by atoms with Crippen LogP contribution in [0.3, 0.4) is 0 Å². The van der Waals surface area contributed by atoms with Gasteiger partial charge in [-0.2, -0.15) is 0 Å². The highest BCUT2D eigenvalue weighted by Gasteiger charge is 2.05. The second-order valence-electron chi connectivity index (χ2n) is 3.08. The highest BCUT2D eigenvalue weighted by atomic mass is 16.3. The number of aliphatic hydroxyl groups is 1. The van der Waals surface area contributed by atoms with Gasteiger partial charge in [-0.05, 0) is 31.6 Å². The number of aryl methyl sites for hydroxylation is 1. The van der Waals surface area contributed by atoms with Gasteiger partial charge in [0, 0.05) is 11.3 Å². The number of nitrogens with zero attached hydrogens (tertiary/aromatic N) is 1. The van der Waals surface area contributed by atoms with Gasteiger partial charge in [-0.1, -0.05) is 18.7 Å². The van der Waals surface area contributed by atoms with E-state index in [2.05, 4.69) is 11.6 Å². The zero-order valence-electron chi connectivity index (χ0n) is 8.62. The van der Waals surface area contributed by atoms with Crippen LogP contribution in [-0.2, 0) is 6.61 Å². The normalized spacial score (nSPS) is 10.8. The van der Waals surface area contributed by atoms with Crippen LogP contribution in [0, 0.1) is 6.92 Å². The molecule has 0 aromatic carbocycles. The second-order valence-corrected chi connectivity index (χ2v) is 3.08. The molecule has 0 saturated heterocycles. The summed E-state index contributed by atoms with van der Waals surface area (Å²) in [6.07, 6.45) is 5.58. The molecule has 0 spiro atoms. The van der Waals surface area contributed by atoms with Crippen molar-refractivity contribution in [3.05, 3.63) is 41.2 Å². The van der Waals surface area contributed by atoms with Crippen LogP contribution >= 0.6 is 0 Å². The fourth-order valence-electron chi connectivity index (χ4n) is 1.42. The Labute approximate surface area is 84.6 Å². The maximum Gasteiger partial charge on any atom is 0.0702 e. The number of aliphatic hydroxyl groups excluding tert-OH is 1. The van der Waals surface area contributed by atoms with Crippen LogP contribution in [0.2, 0.25) is 0 Å². The Morgan fingerprint density at radius 2 is 2.29 bits per heavy atom. The quantitative estimate of drug-likeness (QED) is 0.792. The number of pyridine rings is 1. The van der Waals surface area contributed by atoms with Gasteiger partial charge in [-0.15, -0.1) is 0 Å². The highest BCUT2D eigenvalue weighted by molar-refractivity contribution is 5.64. The average molecular weight is 189 g/mol. The van der Waals surface area contributed by atoms with E-state index in [1.807, 2.05) is 32.1 Å². The molecule has 0 saturated carbocycles. The molecule has 74 valence electrons. The third kappa shape index (κ3) is 2.09. The van der Waals surface area contributed by atoms with Crippen molar-refractivity contribution >= 4 is 12.2 Å². The van der Waals surface area contributed by atoms with E-state index >= 15 is 0 Å². The minimum Gasteiger partial charge on any atom is -0.392 e. The molecule has 1 rings (SSSR count). The van der Waals surface area contributed by atoms with Crippen LogP contribution in [0.15, 0.2) is 18.7 Å². The largest absolute Gasteiger partial charge is 0.392 e. The number of hydrogen-bond acceptors (Lipinski definition) is 2. The van der Waals surface area contributed by atoms with Crippen molar-refractivity contribution in [2.45, 2.75) is 20.5 Å².